The molecule has 0 N–H and O–H groups in total. The van der Waals surface area contributed by atoms with Gasteiger partial charge in [-0.25, -0.2) is 4.98 Å². The Kier molecular flexibility index (Phi) is 3.56. The van der Waals surface area contributed by atoms with Crippen LogP contribution in [0.4, 0.5) is 5.82 Å². The molecule has 1 amide bonds. The number of hydrogen-bond donors (Lipinski definition) is 0. The summed E-state index contributed by atoms with van der Waals surface area (Å²) in [6.07, 6.45) is 2.78. The van der Waals surface area contributed by atoms with E-state index in [0.717, 1.165) is 49.8 Å². The van der Waals surface area contributed by atoms with Gasteiger partial charge in [0.2, 0.25) is 5.91 Å². The van der Waals surface area contributed by atoms with Crippen molar-refractivity contribution in [1.82, 2.24) is 14.9 Å². The average Bonchev–Trinajstić information content (AvgIpc) is 2.96. The molecule has 5 nitrogen and oxygen atoms in total. The van der Waals surface area contributed by atoms with Gasteiger partial charge in [0.1, 0.15) is 5.82 Å². The van der Waals surface area contributed by atoms with E-state index in [-0.39, 0.29) is 11.8 Å². The van der Waals surface area contributed by atoms with Crippen LogP contribution in [0.1, 0.15) is 21.8 Å². The molecule has 4 heterocycles. The molecule has 0 aliphatic carbocycles. The number of aryl methyl sites for hydroxylation is 2. The highest BCUT2D eigenvalue weighted by atomic mass is 32.1. The first-order valence-electron chi connectivity index (χ1n) is 8.01. The van der Waals surface area contributed by atoms with Gasteiger partial charge in [0.25, 0.3) is 0 Å². The van der Waals surface area contributed by atoms with Crippen molar-refractivity contribution in [3.8, 4) is 0 Å². The van der Waals surface area contributed by atoms with Gasteiger partial charge in [0.05, 0.1) is 17.3 Å². The molecule has 0 bridgehead atoms. The second-order valence-electron chi connectivity index (χ2n) is 6.40. The maximum Gasteiger partial charge on any atom is 0.229 e. The van der Waals surface area contributed by atoms with E-state index in [4.69, 9.17) is 0 Å². The fraction of sp³-hybridized carbons (Fsp3) is 0.471. The summed E-state index contributed by atoms with van der Waals surface area (Å²) in [5, 5.41) is 2.13. The second kappa shape index (κ2) is 5.60. The number of fused-ring (bicyclic) bond motifs is 1. The molecule has 0 atom stereocenters. The number of hydrogen-bond acceptors (Lipinski definition) is 5. The number of rotatable bonds is 2. The molecule has 1 saturated heterocycles. The van der Waals surface area contributed by atoms with Crippen LogP contribution in [-0.4, -0.2) is 40.4 Å². The van der Waals surface area contributed by atoms with Gasteiger partial charge < -0.3 is 9.80 Å². The first kappa shape index (κ1) is 14.6. The standard InChI is InChI=1S/C17H20N4OS/c1-11-7-18-12(2)16(19-11)21-9-14(10-21)17(22)20-5-3-15-13(8-20)4-6-23-15/h4,6-7,14H,3,5,8-10H2,1-2H3. The van der Waals surface area contributed by atoms with E-state index >= 15 is 0 Å². The van der Waals surface area contributed by atoms with Gasteiger partial charge in [-0.3, -0.25) is 9.78 Å². The Morgan fingerprint density at radius 2 is 2.17 bits per heavy atom. The molecule has 120 valence electrons. The predicted molar refractivity (Wildman–Crippen MR) is 90.6 cm³/mol. The molecule has 2 aromatic rings. The molecule has 1 fully saturated rings. The van der Waals surface area contributed by atoms with Crippen LogP contribution in [-0.2, 0) is 17.8 Å². The summed E-state index contributed by atoms with van der Waals surface area (Å²) in [4.78, 5) is 27.3. The molecule has 0 aromatic carbocycles. The quantitative estimate of drug-likeness (QED) is 0.848. The van der Waals surface area contributed by atoms with Crippen molar-refractivity contribution in [2.45, 2.75) is 26.8 Å². The van der Waals surface area contributed by atoms with E-state index in [2.05, 4.69) is 26.3 Å². The van der Waals surface area contributed by atoms with Crippen molar-refractivity contribution in [3.63, 3.8) is 0 Å². The van der Waals surface area contributed by atoms with Crippen molar-refractivity contribution in [2.24, 2.45) is 5.92 Å². The molecule has 23 heavy (non-hydrogen) atoms. The van der Waals surface area contributed by atoms with Gasteiger partial charge in [-0.2, -0.15) is 0 Å². The number of carbonyl (C=O) groups excluding carboxylic acids is 1. The van der Waals surface area contributed by atoms with E-state index in [1.54, 1.807) is 17.5 Å². The van der Waals surface area contributed by atoms with Crippen LogP contribution in [0.3, 0.4) is 0 Å². The number of anilines is 1. The summed E-state index contributed by atoms with van der Waals surface area (Å²) in [6.45, 7) is 7.06. The molecule has 2 aromatic heterocycles. The zero-order valence-electron chi connectivity index (χ0n) is 13.5. The number of amides is 1. The Labute approximate surface area is 140 Å². The molecule has 0 saturated carbocycles. The second-order valence-corrected chi connectivity index (χ2v) is 7.40. The SMILES string of the molecule is Cc1cnc(C)c(N2CC(C(=O)N3CCc4sccc4C3)C2)n1. The minimum Gasteiger partial charge on any atom is -0.353 e. The summed E-state index contributed by atoms with van der Waals surface area (Å²) in [5.74, 6) is 1.31. The highest BCUT2D eigenvalue weighted by molar-refractivity contribution is 7.10. The van der Waals surface area contributed by atoms with E-state index in [1.165, 1.54) is 10.4 Å². The highest BCUT2D eigenvalue weighted by Gasteiger charge is 2.37. The van der Waals surface area contributed by atoms with Crippen molar-refractivity contribution >= 4 is 23.1 Å². The molecule has 6 heteroatoms. The Balaban J connectivity index is 1.40. The lowest BCUT2D eigenvalue weighted by Crippen LogP contribution is -2.55. The van der Waals surface area contributed by atoms with Crippen LogP contribution in [0.15, 0.2) is 17.6 Å². The zero-order valence-corrected chi connectivity index (χ0v) is 14.3. The molecule has 2 aliphatic heterocycles. The van der Waals surface area contributed by atoms with E-state index in [0.29, 0.717) is 0 Å². The molecular formula is C17H20N4OS. The average molecular weight is 328 g/mol. The number of aromatic nitrogens is 2. The van der Waals surface area contributed by atoms with Gasteiger partial charge >= 0.3 is 0 Å². The van der Waals surface area contributed by atoms with Crippen LogP contribution < -0.4 is 4.90 Å². The zero-order chi connectivity index (χ0) is 16.0. The summed E-state index contributed by atoms with van der Waals surface area (Å²) >= 11 is 1.81. The van der Waals surface area contributed by atoms with Crippen molar-refractivity contribution < 1.29 is 4.79 Å². The molecule has 0 spiro atoms. The minimum atomic E-state index is 0.0943. The number of carbonyl (C=O) groups is 1. The summed E-state index contributed by atoms with van der Waals surface area (Å²) in [5.41, 5.74) is 3.18. The third-order valence-corrected chi connectivity index (χ3v) is 5.72. The van der Waals surface area contributed by atoms with Gasteiger partial charge in [0, 0.05) is 37.3 Å². The molecule has 4 rings (SSSR count). The maximum absolute atomic E-state index is 12.7. The van der Waals surface area contributed by atoms with Gasteiger partial charge in [-0.1, -0.05) is 0 Å². The predicted octanol–water partition coefficient (Wildman–Crippen LogP) is 2.18. The largest absolute Gasteiger partial charge is 0.353 e. The van der Waals surface area contributed by atoms with Crippen molar-refractivity contribution in [3.05, 3.63) is 39.5 Å². The summed E-state index contributed by atoms with van der Waals surface area (Å²) < 4.78 is 0. The van der Waals surface area contributed by atoms with E-state index in [1.807, 2.05) is 18.7 Å². The first-order chi connectivity index (χ1) is 11.1. The molecule has 0 unspecified atom stereocenters. The Bertz CT molecular complexity index is 751. The molecular weight excluding hydrogens is 308 g/mol. The molecule has 0 radical (unpaired) electrons. The number of nitrogens with zero attached hydrogens (tertiary/aromatic N) is 4. The van der Waals surface area contributed by atoms with Crippen molar-refractivity contribution in [1.29, 1.82) is 0 Å². The Morgan fingerprint density at radius 1 is 1.35 bits per heavy atom. The normalized spacial score (nSPS) is 17.8. The Hall–Kier alpha value is -1.95. The lowest BCUT2D eigenvalue weighted by Gasteiger charge is -2.42. The van der Waals surface area contributed by atoms with Gasteiger partial charge in [-0.15, -0.1) is 11.3 Å². The highest BCUT2D eigenvalue weighted by Crippen LogP contribution is 2.29. The Morgan fingerprint density at radius 3 is 3.00 bits per heavy atom. The van der Waals surface area contributed by atoms with Gasteiger partial charge in [-0.05, 0) is 37.3 Å². The number of thiophene rings is 1. The van der Waals surface area contributed by atoms with Crippen LogP contribution in [0, 0.1) is 19.8 Å². The van der Waals surface area contributed by atoms with E-state index < -0.39 is 0 Å². The fourth-order valence-electron chi connectivity index (χ4n) is 3.33. The van der Waals surface area contributed by atoms with E-state index in [9.17, 15) is 4.79 Å². The van der Waals surface area contributed by atoms with Crippen LogP contribution in [0.5, 0.6) is 0 Å². The van der Waals surface area contributed by atoms with Crippen LogP contribution in [0.25, 0.3) is 0 Å². The minimum absolute atomic E-state index is 0.0943. The third kappa shape index (κ3) is 2.61. The summed E-state index contributed by atoms with van der Waals surface area (Å²) in [7, 11) is 0. The lowest BCUT2D eigenvalue weighted by molar-refractivity contribution is -0.137. The fourth-order valence-corrected chi connectivity index (χ4v) is 4.22. The monoisotopic (exact) mass is 328 g/mol. The summed E-state index contributed by atoms with van der Waals surface area (Å²) in [6, 6.07) is 2.15. The van der Waals surface area contributed by atoms with Crippen molar-refractivity contribution in [2.75, 3.05) is 24.5 Å². The smallest absolute Gasteiger partial charge is 0.229 e. The topological polar surface area (TPSA) is 49.3 Å². The van der Waals surface area contributed by atoms with Crippen LogP contribution in [0.2, 0.25) is 0 Å². The maximum atomic E-state index is 12.7. The first-order valence-corrected chi connectivity index (χ1v) is 8.89. The van der Waals surface area contributed by atoms with Gasteiger partial charge in [0.15, 0.2) is 0 Å². The third-order valence-electron chi connectivity index (χ3n) is 4.70. The molecule has 2 aliphatic rings. The van der Waals surface area contributed by atoms with Crippen LogP contribution >= 0.6 is 11.3 Å². The lowest BCUT2D eigenvalue weighted by atomic mass is 9.96.